The van der Waals surface area contributed by atoms with Gasteiger partial charge < -0.3 is 31.2 Å². The van der Waals surface area contributed by atoms with E-state index in [2.05, 4.69) is 36.1 Å². The highest BCUT2D eigenvalue weighted by molar-refractivity contribution is 9.10. The van der Waals surface area contributed by atoms with Gasteiger partial charge in [0.05, 0.1) is 26.4 Å². The largest absolute Gasteiger partial charge is 0.399 e. The molecule has 0 aromatic carbocycles. The first-order valence-electron chi connectivity index (χ1n) is 8.85. The van der Waals surface area contributed by atoms with Crippen molar-refractivity contribution in [2.75, 3.05) is 69.0 Å². The normalized spacial score (nSPS) is 16.4. The van der Waals surface area contributed by atoms with Crippen molar-refractivity contribution in [2.45, 2.75) is 0 Å². The van der Waals surface area contributed by atoms with Gasteiger partial charge in [-0.05, 0) is 34.1 Å². The number of halogens is 1. The second kappa shape index (κ2) is 12.4. The Balaban J connectivity index is 0.000000159. The number of pyridine rings is 2. The molecule has 0 radical (unpaired) electrons. The lowest BCUT2D eigenvalue weighted by Crippen LogP contribution is -2.36. The molecule has 5 N–H and O–H groups in total. The van der Waals surface area contributed by atoms with E-state index in [-0.39, 0.29) is 0 Å². The van der Waals surface area contributed by atoms with E-state index in [1.54, 1.807) is 30.6 Å². The van der Waals surface area contributed by atoms with Gasteiger partial charge in [-0.2, -0.15) is 0 Å². The van der Waals surface area contributed by atoms with Crippen molar-refractivity contribution < 1.29 is 9.47 Å². The zero-order valence-electron chi connectivity index (χ0n) is 15.3. The van der Waals surface area contributed by atoms with Gasteiger partial charge in [0.1, 0.15) is 10.4 Å². The van der Waals surface area contributed by atoms with Gasteiger partial charge in [-0.1, -0.05) is 0 Å². The van der Waals surface area contributed by atoms with Gasteiger partial charge in [0, 0.05) is 56.0 Å². The monoisotopic (exact) mass is 438 g/mol. The fourth-order valence-corrected chi connectivity index (χ4v) is 2.72. The average molecular weight is 439 g/mol. The van der Waals surface area contributed by atoms with Crippen LogP contribution in [0, 0.1) is 0 Å². The summed E-state index contributed by atoms with van der Waals surface area (Å²) in [4.78, 5) is 10.3. The summed E-state index contributed by atoms with van der Waals surface area (Å²) >= 11 is 3.17. The van der Waals surface area contributed by atoms with Gasteiger partial charge in [-0.15, -0.1) is 0 Å². The van der Waals surface area contributed by atoms with Crippen molar-refractivity contribution in [1.82, 2.24) is 15.3 Å². The number of hydrogen-bond acceptors (Lipinski definition) is 8. The van der Waals surface area contributed by atoms with Gasteiger partial charge in [-0.25, -0.2) is 9.97 Å². The van der Waals surface area contributed by atoms with E-state index >= 15 is 0 Å². The van der Waals surface area contributed by atoms with Crippen LogP contribution in [0.1, 0.15) is 0 Å². The summed E-state index contributed by atoms with van der Waals surface area (Å²) in [6, 6.07) is 7.18. The summed E-state index contributed by atoms with van der Waals surface area (Å²) in [5.74, 6) is 0.948. The third-order valence-corrected chi connectivity index (χ3v) is 4.14. The van der Waals surface area contributed by atoms with Crippen LogP contribution in [0.15, 0.2) is 41.3 Å². The summed E-state index contributed by atoms with van der Waals surface area (Å²) in [6.45, 7) is 7.18. The maximum atomic E-state index is 5.67. The van der Waals surface area contributed by atoms with Crippen molar-refractivity contribution in [3.8, 4) is 0 Å². The number of nitrogens with one attached hydrogen (secondary N) is 1. The first-order chi connectivity index (χ1) is 13.1. The standard InChI is InChI=1S/C9H13N3O.C5H5BrN2.C4H9NO/c10-8-1-2-11-9(7-8)12-3-5-13-6-4-12;6-5-3-4(7)1-2-8-5;1-3-6-4-2-5-1/h1-2,7H,3-6H2,(H2,10,11);1-3H,(H2,7,8);5H,1-4H2. The lowest BCUT2D eigenvalue weighted by Gasteiger charge is -2.27. The molecule has 2 aromatic heterocycles. The summed E-state index contributed by atoms with van der Waals surface area (Å²) in [5.41, 5.74) is 12.5. The van der Waals surface area contributed by atoms with Gasteiger partial charge in [0.25, 0.3) is 0 Å². The van der Waals surface area contributed by atoms with Crippen molar-refractivity contribution in [3.05, 3.63) is 41.3 Å². The second-order valence-corrected chi connectivity index (χ2v) is 6.63. The van der Waals surface area contributed by atoms with Gasteiger partial charge in [0.2, 0.25) is 0 Å². The van der Waals surface area contributed by atoms with Crippen LogP contribution < -0.4 is 21.7 Å². The van der Waals surface area contributed by atoms with E-state index in [0.29, 0.717) is 0 Å². The van der Waals surface area contributed by atoms with E-state index < -0.39 is 0 Å². The lowest BCUT2D eigenvalue weighted by molar-refractivity contribution is 0.109. The molecule has 0 unspecified atom stereocenters. The molecular formula is C18H27BrN6O2. The Kier molecular flexibility index (Phi) is 9.85. The minimum absolute atomic E-state index is 0.729. The van der Waals surface area contributed by atoms with E-state index in [1.807, 2.05) is 6.07 Å². The highest BCUT2D eigenvalue weighted by Gasteiger charge is 2.11. The summed E-state index contributed by atoms with van der Waals surface area (Å²) in [7, 11) is 0. The summed E-state index contributed by atoms with van der Waals surface area (Å²) in [5, 5.41) is 3.16. The van der Waals surface area contributed by atoms with E-state index in [1.165, 1.54) is 0 Å². The second-order valence-electron chi connectivity index (χ2n) is 5.82. The van der Waals surface area contributed by atoms with Crippen molar-refractivity contribution in [3.63, 3.8) is 0 Å². The minimum Gasteiger partial charge on any atom is -0.399 e. The predicted octanol–water partition coefficient (Wildman–Crippen LogP) is 1.53. The Hall–Kier alpha value is -1.94. The summed E-state index contributed by atoms with van der Waals surface area (Å²) in [6.07, 6.45) is 3.39. The highest BCUT2D eigenvalue weighted by atomic mass is 79.9. The number of nitrogens with zero attached hydrogens (tertiary/aromatic N) is 3. The number of morpholine rings is 2. The number of anilines is 3. The Morgan fingerprint density at radius 2 is 1.48 bits per heavy atom. The Morgan fingerprint density at radius 1 is 0.889 bits per heavy atom. The molecule has 148 valence electrons. The van der Waals surface area contributed by atoms with Crippen LogP contribution in [-0.2, 0) is 9.47 Å². The highest BCUT2D eigenvalue weighted by Crippen LogP contribution is 2.14. The van der Waals surface area contributed by atoms with Crippen LogP contribution in [-0.4, -0.2) is 62.6 Å². The van der Waals surface area contributed by atoms with E-state index in [4.69, 9.17) is 20.9 Å². The van der Waals surface area contributed by atoms with E-state index in [0.717, 1.165) is 74.4 Å². The number of nitrogens with two attached hydrogens (primary N) is 2. The molecular weight excluding hydrogens is 412 g/mol. The maximum absolute atomic E-state index is 5.67. The van der Waals surface area contributed by atoms with E-state index in [9.17, 15) is 0 Å². The molecule has 0 bridgehead atoms. The molecule has 0 spiro atoms. The molecule has 2 aromatic rings. The van der Waals surface area contributed by atoms with Crippen LogP contribution in [0.3, 0.4) is 0 Å². The van der Waals surface area contributed by atoms with Crippen molar-refractivity contribution in [2.24, 2.45) is 0 Å². The minimum atomic E-state index is 0.729. The predicted molar refractivity (Wildman–Crippen MR) is 112 cm³/mol. The third kappa shape index (κ3) is 9.00. The first kappa shape index (κ1) is 21.4. The fraction of sp³-hybridized carbons (Fsp3) is 0.444. The molecule has 2 aliphatic rings. The molecule has 9 heteroatoms. The quantitative estimate of drug-likeness (QED) is 0.574. The molecule has 0 saturated carbocycles. The molecule has 4 rings (SSSR count). The van der Waals surface area contributed by atoms with Gasteiger partial charge in [0.15, 0.2) is 0 Å². The molecule has 2 saturated heterocycles. The lowest BCUT2D eigenvalue weighted by atomic mass is 10.3. The Bertz CT molecular complexity index is 637. The molecule has 0 atom stereocenters. The van der Waals surface area contributed by atoms with Crippen LogP contribution in [0.2, 0.25) is 0 Å². The molecule has 2 fully saturated rings. The van der Waals surface area contributed by atoms with Gasteiger partial charge >= 0.3 is 0 Å². The first-order valence-corrected chi connectivity index (χ1v) is 9.64. The van der Waals surface area contributed by atoms with Crippen LogP contribution in [0.25, 0.3) is 0 Å². The molecule has 4 heterocycles. The van der Waals surface area contributed by atoms with Gasteiger partial charge in [-0.3, -0.25) is 0 Å². The number of ether oxygens (including phenoxy) is 2. The number of rotatable bonds is 1. The zero-order chi connectivity index (χ0) is 19.3. The van der Waals surface area contributed by atoms with Crippen LogP contribution >= 0.6 is 15.9 Å². The molecule has 8 nitrogen and oxygen atoms in total. The van der Waals surface area contributed by atoms with Crippen molar-refractivity contribution >= 4 is 33.1 Å². The Labute approximate surface area is 168 Å². The molecule has 0 aliphatic carbocycles. The Morgan fingerprint density at radius 3 is 1.93 bits per heavy atom. The summed E-state index contributed by atoms with van der Waals surface area (Å²) < 4.78 is 11.0. The average Bonchev–Trinajstić information content (AvgIpc) is 2.71. The third-order valence-electron chi connectivity index (χ3n) is 3.70. The maximum Gasteiger partial charge on any atom is 0.130 e. The van der Waals surface area contributed by atoms with Crippen LogP contribution in [0.4, 0.5) is 17.2 Å². The smallest absolute Gasteiger partial charge is 0.130 e. The van der Waals surface area contributed by atoms with Crippen LogP contribution in [0.5, 0.6) is 0 Å². The SMILES string of the molecule is C1COCCN1.Nc1ccnc(Br)c1.Nc1ccnc(N2CCOCC2)c1. The molecule has 0 amide bonds. The molecule has 2 aliphatic heterocycles. The zero-order valence-corrected chi connectivity index (χ0v) is 16.9. The fourth-order valence-electron chi connectivity index (χ4n) is 2.33. The topological polar surface area (TPSA) is 112 Å². The number of hydrogen-bond donors (Lipinski definition) is 3. The van der Waals surface area contributed by atoms with Crippen molar-refractivity contribution in [1.29, 1.82) is 0 Å². The number of nitrogen functional groups attached to an aromatic ring is 2. The number of aromatic nitrogens is 2. The molecule has 27 heavy (non-hydrogen) atoms.